The lowest BCUT2D eigenvalue weighted by molar-refractivity contribution is -0.113. The largest absolute Gasteiger partial charge is 0.290 e. The molecule has 6 nitrogen and oxygen atoms in total. The minimum absolute atomic E-state index is 0.0186. The van der Waals surface area contributed by atoms with E-state index in [9.17, 15) is 9.59 Å². The molecule has 2 aromatic carbocycles. The van der Waals surface area contributed by atoms with E-state index in [4.69, 9.17) is 33.4 Å². The van der Waals surface area contributed by atoms with Crippen LogP contribution in [0.1, 0.15) is 51.3 Å². The Bertz CT molecular complexity index is 2170. The van der Waals surface area contributed by atoms with Crippen LogP contribution in [0.4, 0.5) is 11.4 Å². The summed E-state index contributed by atoms with van der Waals surface area (Å²) in [6, 6.07) is 22.7. The predicted octanol–water partition coefficient (Wildman–Crippen LogP) is 14.0. The van der Waals surface area contributed by atoms with Crippen LogP contribution in [-0.2, 0) is 9.59 Å². The third-order valence-corrected chi connectivity index (χ3v) is 11.3. The number of nitrogens with zero attached hydrogens (tertiary/aromatic N) is 4. The van der Waals surface area contributed by atoms with E-state index in [-0.39, 0.29) is 22.4 Å². The molecule has 0 aliphatic heterocycles. The molecule has 52 heavy (non-hydrogen) atoms. The molecular formula is C42H36Cl2N4O2S2. The molecule has 262 valence electrons. The molecule has 0 radical (unpaired) electrons. The van der Waals surface area contributed by atoms with Crippen molar-refractivity contribution >= 4 is 80.2 Å². The predicted molar refractivity (Wildman–Crippen MR) is 217 cm³/mol. The fraction of sp³-hybridized carbons (Fsp3) is 0.190. The zero-order chi connectivity index (χ0) is 37.2. The first-order chi connectivity index (χ1) is 24.7. The molecule has 2 aliphatic carbocycles. The Morgan fingerprint density at radius 1 is 0.538 bits per heavy atom. The van der Waals surface area contributed by atoms with Gasteiger partial charge >= 0.3 is 0 Å². The molecule has 2 heterocycles. The van der Waals surface area contributed by atoms with Crippen LogP contribution in [-0.4, -0.2) is 11.6 Å². The second-order valence-corrected chi connectivity index (χ2v) is 17.2. The molecule has 0 atom stereocenters. The van der Waals surface area contributed by atoms with Crippen molar-refractivity contribution < 1.29 is 9.59 Å². The van der Waals surface area contributed by atoms with Crippen LogP contribution in [0.5, 0.6) is 0 Å². The fourth-order valence-corrected chi connectivity index (χ4v) is 7.96. The number of benzene rings is 2. The summed E-state index contributed by atoms with van der Waals surface area (Å²) in [6.07, 6.45) is 10.6. The van der Waals surface area contributed by atoms with Gasteiger partial charge in [0.1, 0.15) is 22.8 Å². The molecule has 0 N–H and O–H groups in total. The standard InChI is InChI=1S/C42H36Cl2N4O2S2/c1-41(2,3)27-23-25(15-17-33(27)49)39(47-45-31-13-9-7-11-29(31)43)37-21-19-35(51-37)36-20-22-38(52-36)40(48-46-32-14-10-8-12-30(32)44)26-16-18-34(50)28(24-26)42(4,5)6/h7-24H,1-6H3/b39-25+,40-26+,47-45?,48-46?. The van der Waals surface area contributed by atoms with Gasteiger partial charge in [0, 0.05) is 32.0 Å². The van der Waals surface area contributed by atoms with Gasteiger partial charge in [0.2, 0.25) is 0 Å². The Kier molecular flexibility index (Phi) is 10.8. The van der Waals surface area contributed by atoms with E-state index in [1.165, 1.54) is 0 Å². The normalized spacial score (nSPS) is 17.3. The zero-order valence-corrected chi connectivity index (χ0v) is 32.7. The van der Waals surface area contributed by atoms with Gasteiger partial charge in [-0.2, -0.15) is 0 Å². The molecule has 0 saturated heterocycles. The first-order valence-electron chi connectivity index (χ1n) is 16.6. The van der Waals surface area contributed by atoms with Gasteiger partial charge in [-0.1, -0.05) is 89.0 Å². The van der Waals surface area contributed by atoms with E-state index in [1.54, 1.807) is 59.1 Å². The highest BCUT2D eigenvalue weighted by atomic mass is 35.5. The lowest BCUT2D eigenvalue weighted by atomic mass is 9.80. The molecule has 2 aromatic heterocycles. The number of hydrogen-bond acceptors (Lipinski definition) is 8. The van der Waals surface area contributed by atoms with E-state index in [0.717, 1.165) is 30.7 Å². The number of azo groups is 2. The molecule has 0 fully saturated rings. The summed E-state index contributed by atoms with van der Waals surface area (Å²) in [6.45, 7) is 12.1. The summed E-state index contributed by atoms with van der Waals surface area (Å²) < 4.78 is 0. The maximum Gasteiger partial charge on any atom is 0.182 e. The van der Waals surface area contributed by atoms with Crippen LogP contribution >= 0.6 is 45.9 Å². The summed E-state index contributed by atoms with van der Waals surface area (Å²) in [4.78, 5) is 29.5. The van der Waals surface area contributed by atoms with Gasteiger partial charge in [0.05, 0.1) is 19.8 Å². The number of ketones is 2. The van der Waals surface area contributed by atoms with E-state index in [2.05, 4.69) is 22.4 Å². The summed E-state index contributed by atoms with van der Waals surface area (Å²) >= 11 is 16.0. The van der Waals surface area contributed by atoms with Crippen molar-refractivity contribution in [2.24, 2.45) is 31.3 Å². The monoisotopic (exact) mass is 762 g/mol. The van der Waals surface area contributed by atoms with Gasteiger partial charge in [0.15, 0.2) is 11.6 Å². The second kappa shape index (κ2) is 15.2. The highest BCUT2D eigenvalue weighted by Gasteiger charge is 2.27. The lowest BCUT2D eigenvalue weighted by Gasteiger charge is -2.23. The van der Waals surface area contributed by atoms with E-state index < -0.39 is 0 Å². The van der Waals surface area contributed by atoms with Crippen molar-refractivity contribution in [3.8, 4) is 9.75 Å². The molecule has 0 bridgehead atoms. The van der Waals surface area contributed by atoms with Gasteiger partial charge in [-0.3, -0.25) is 9.59 Å². The average Bonchev–Trinajstić information content (AvgIpc) is 3.78. The number of hydrogen-bond donors (Lipinski definition) is 0. The number of carbonyl (C=O) groups is 2. The van der Waals surface area contributed by atoms with Crippen molar-refractivity contribution in [2.45, 2.75) is 41.5 Å². The van der Waals surface area contributed by atoms with Crippen LogP contribution in [0.2, 0.25) is 10.0 Å². The molecule has 0 spiro atoms. The van der Waals surface area contributed by atoms with Crippen LogP contribution in [0.15, 0.2) is 152 Å². The van der Waals surface area contributed by atoms with Gasteiger partial charge < -0.3 is 0 Å². The Hall–Kier alpha value is -4.60. The SMILES string of the molecule is CC(C)(C)C1=C/C(=C(/N=Nc2ccccc2Cl)c2ccc(-c3ccc(/C(N=Nc4ccccc4Cl)=C4/C=CC(=O)C(C(C)(C)C)=C4)s3)s2)C=CC1=O. The number of rotatable bonds is 7. The third-order valence-electron chi connectivity index (χ3n) is 8.26. The van der Waals surface area contributed by atoms with Crippen LogP contribution in [0.25, 0.3) is 21.1 Å². The Labute approximate surface area is 322 Å². The zero-order valence-electron chi connectivity index (χ0n) is 29.6. The molecular weight excluding hydrogens is 728 g/mol. The Morgan fingerprint density at radius 3 is 1.29 bits per heavy atom. The maximum atomic E-state index is 12.9. The van der Waals surface area contributed by atoms with Crippen molar-refractivity contribution in [1.82, 2.24) is 0 Å². The van der Waals surface area contributed by atoms with Crippen molar-refractivity contribution in [2.75, 3.05) is 0 Å². The van der Waals surface area contributed by atoms with E-state index in [0.29, 0.717) is 44.0 Å². The lowest BCUT2D eigenvalue weighted by Crippen LogP contribution is -2.18. The summed E-state index contributed by atoms with van der Waals surface area (Å²) in [5.74, 6) is -0.0373. The number of halogens is 2. The number of carbonyl (C=O) groups excluding carboxylic acids is 2. The quantitative estimate of drug-likeness (QED) is 0.176. The summed E-state index contributed by atoms with van der Waals surface area (Å²) in [5.41, 5.74) is 4.61. The Balaban J connectivity index is 1.44. The van der Waals surface area contributed by atoms with Crippen molar-refractivity contribution in [3.05, 3.63) is 151 Å². The summed E-state index contributed by atoms with van der Waals surface area (Å²) in [5, 5.41) is 19.5. The molecule has 0 saturated carbocycles. The highest BCUT2D eigenvalue weighted by Crippen LogP contribution is 2.43. The van der Waals surface area contributed by atoms with Crippen LogP contribution < -0.4 is 0 Å². The Morgan fingerprint density at radius 2 is 0.923 bits per heavy atom. The molecule has 2 aliphatic rings. The van der Waals surface area contributed by atoms with Gasteiger partial charge in [0.25, 0.3) is 0 Å². The first-order valence-corrected chi connectivity index (χ1v) is 19.0. The molecule has 6 rings (SSSR count). The number of allylic oxidation sites excluding steroid dienone is 10. The molecule has 10 heteroatoms. The van der Waals surface area contributed by atoms with Crippen molar-refractivity contribution in [3.63, 3.8) is 0 Å². The molecule has 0 unspecified atom stereocenters. The topological polar surface area (TPSA) is 83.6 Å². The minimum atomic E-state index is -0.356. The van der Waals surface area contributed by atoms with E-state index >= 15 is 0 Å². The average molecular weight is 764 g/mol. The summed E-state index contributed by atoms with van der Waals surface area (Å²) in [7, 11) is 0. The fourth-order valence-electron chi connectivity index (χ4n) is 5.49. The molecule has 4 aromatic rings. The first kappa shape index (κ1) is 37.2. The molecule has 0 amide bonds. The second-order valence-electron chi connectivity index (χ2n) is 14.2. The highest BCUT2D eigenvalue weighted by molar-refractivity contribution is 7.23. The smallest absolute Gasteiger partial charge is 0.182 e. The number of thiophene rings is 2. The van der Waals surface area contributed by atoms with Crippen LogP contribution in [0.3, 0.4) is 0 Å². The van der Waals surface area contributed by atoms with Gasteiger partial charge in [-0.25, -0.2) is 0 Å². The van der Waals surface area contributed by atoms with Crippen molar-refractivity contribution in [1.29, 1.82) is 0 Å². The van der Waals surface area contributed by atoms with Gasteiger partial charge in [-0.05, 0) is 95.8 Å². The van der Waals surface area contributed by atoms with Gasteiger partial charge in [-0.15, -0.1) is 43.1 Å². The van der Waals surface area contributed by atoms with E-state index in [1.807, 2.05) is 102 Å². The minimum Gasteiger partial charge on any atom is -0.290 e. The maximum absolute atomic E-state index is 12.9. The third kappa shape index (κ3) is 8.37. The van der Waals surface area contributed by atoms with Crippen LogP contribution in [0, 0.1) is 10.8 Å².